The molecule has 23 nitrogen and oxygen atoms in total. The van der Waals surface area contributed by atoms with Gasteiger partial charge in [-0.1, -0.05) is 0 Å². The van der Waals surface area contributed by atoms with Crippen LogP contribution in [0.25, 0.3) is 22.3 Å². The van der Waals surface area contributed by atoms with Crippen LogP contribution < -0.4 is 17.0 Å². The second-order valence-corrected chi connectivity index (χ2v) is 13.4. The number of imidazole rings is 2. The van der Waals surface area contributed by atoms with E-state index in [1.807, 2.05) is 0 Å². The van der Waals surface area contributed by atoms with Crippen LogP contribution in [-0.2, 0) is 41.4 Å². The van der Waals surface area contributed by atoms with Crippen molar-refractivity contribution in [1.82, 2.24) is 39.0 Å². The first-order valence-corrected chi connectivity index (χ1v) is 16.9. The summed E-state index contributed by atoms with van der Waals surface area (Å²) in [7, 11) is -10.1. The van der Waals surface area contributed by atoms with Gasteiger partial charge in [0.15, 0.2) is 35.1 Å². The quantitative estimate of drug-likeness (QED) is 0.135. The number of aliphatic hydroxyl groups excluding tert-OH is 1. The van der Waals surface area contributed by atoms with Crippen LogP contribution in [0.5, 0.6) is 0 Å². The molecule has 0 amide bonds. The van der Waals surface area contributed by atoms with Gasteiger partial charge in [0, 0.05) is 6.61 Å². The van der Waals surface area contributed by atoms with Crippen molar-refractivity contribution in [2.75, 3.05) is 31.3 Å². The molecule has 3 aliphatic heterocycles. The van der Waals surface area contributed by atoms with Crippen LogP contribution in [0.4, 0.5) is 11.8 Å². The molecule has 2 bridgehead atoms. The van der Waals surface area contributed by atoms with Crippen LogP contribution in [0, 0.1) is 0 Å². The Morgan fingerprint density at radius 3 is 2.30 bits per heavy atom. The van der Waals surface area contributed by atoms with Crippen molar-refractivity contribution in [1.29, 1.82) is 0 Å². The van der Waals surface area contributed by atoms with E-state index in [4.69, 9.17) is 43.8 Å². The lowest BCUT2D eigenvalue weighted by atomic mass is 10.1. The number of aromatic nitrogens is 8. The normalized spacial score (nSPS) is 36.6. The second kappa shape index (κ2) is 11.9. The molecule has 4 unspecified atom stereocenters. The van der Waals surface area contributed by atoms with Crippen molar-refractivity contribution in [3.8, 4) is 0 Å². The zero-order chi connectivity index (χ0) is 33.2. The zero-order valence-electron chi connectivity index (χ0n) is 24.1. The van der Waals surface area contributed by atoms with Gasteiger partial charge in [0.1, 0.15) is 48.5 Å². The van der Waals surface area contributed by atoms with Crippen molar-refractivity contribution in [2.24, 2.45) is 0 Å². The number of nitrogens with one attached hydrogen (secondary N) is 1. The van der Waals surface area contributed by atoms with Crippen LogP contribution in [0.3, 0.4) is 0 Å². The number of ether oxygens (including phenoxy) is 3. The summed E-state index contributed by atoms with van der Waals surface area (Å²) in [5, 5.41) is 11.2. The number of nitrogens with two attached hydrogens (primary N) is 2. The van der Waals surface area contributed by atoms with E-state index in [0.29, 0.717) is 0 Å². The molecule has 3 saturated heterocycles. The highest BCUT2D eigenvalue weighted by Crippen LogP contribution is 2.54. The van der Waals surface area contributed by atoms with Gasteiger partial charge in [-0.15, -0.1) is 0 Å². The predicted octanol–water partition coefficient (Wildman–Crippen LogP) is -1.30. The van der Waals surface area contributed by atoms with Crippen molar-refractivity contribution >= 4 is 49.7 Å². The van der Waals surface area contributed by atoms with Gasteiger partial charge in [-0.2, -0.15) is 4.98 Å². The fraction of sp³-hybridized carbons (Fsp3) is 0.545. The van der Waals surface area contributed by atoms with E-state index >= 15 is 0 Å². The van der Waals surface area contributed by atoms with Gasteiger partial charge in [0.25, 0.3) is 5.56 Å². The zero-order valence-corrected chi connectivity index (χ0v) is 25.9. The first-order valence-electron chi connectivity index (χ1n) is 13.9. The summed E-state index contributed by atoms with van der Waals surface area (Å²) in [5.41, 5.74) is 11.1. The van der Waals surface area contributed by atoms with E-state index in [1.165, 1.54) is 21.8 Å². The molecule has 0 radical (unpaired) electrons. The number of aliphatic hydroxyl groups is 1. The molecule has 7 heterocycles. The van der Waals surface area contributed by atoms with Crippen molar-refractivity contribution in [2.45, 2.75) is 56.0 Å². The number of hydrogen-bond acceptors (Lipinski definition) is 18. The molecule has 3 aliphatic rings. The van der Waals surface area contributed by atoms with Gasteiger partial charge >= 0.3 is 15.6 Å². The first-order chi connectivity index (χ1) is 22.4. The maximum absolute atomic E-state index is 13.4. The number of nitrogen functional groups attached to an aromatic ring is 2. The molecule has 7 rings (SSSR count). The Bertz CT molecular complexity index is 1970. The fourth-order valence-electron chi connectivity index (χ4n) is 5.68. The molecule has 0 saturated carbocycles. The SMILES string of the molecule is CCO[C@@H]1C2OP(=O)(O)OC[C@H]3O[C@@H](n4cnc5c(N)ncnc54)[C@@H](O)C3OP(=O)(O)OC[C@H]1O[C@H]2n1cnc2c(=O)[nH]c(N)nc21. The summed E-state index contributed by atoms with van der Waals surface area (Å²) >= 11 is 0. The monoisotopic (exact) mass is 702 g/mol. The number of phosphoric ester groups is 2. The Labute approximate surface area is 261 Å². The van der Waals surface area contributed by atoms with Gasteiger partial charge in [-0.3, -0.25) is 37.0 Å². The summed E-state index contributed by atoms with van der Waals surface area (Å²) in [4.78, 5) is 56.6. The maximum Gasteiger partial charge on any atom is 0.472 e. The van der Waals surface area contributed by atoms with E-state index in [1.54, 1.807) is 6.92 Å². The molecule has 3 fully saturated rings. The average molecular weight is 702 g/mol. The van der Waals surface area contributed by atoms with Crippen molar-refractivity contribution in [3.63, 3.8) is 0 Å². The lowest BCUT2D eigenvalue weighted by Crippen LogP contribution is -2.38. The number of anilines is 2. The van der Waals surface area contributed by atoms with Crippen LogP contribution in [0.15, 0.2) is 23.8 Å². The summed E-state index contributed by atoms with van der Waals surface area (Å²) in [6.07, 6.45) is -7.82. The molecule has 0 spiro atoms. The molecular formula is C22H28N10O13P2. The van der Waals surface area contributed by atoms with Crippen LogP contribution in [0.2, 0.25) is 0 Å². The van der Waals surface area contributed by atoms with Crippen LogP contribution >= 0.6 is 15.6 Å². The maximum atomic E-state index is 13.4. The van der Waals surface area contributed by atoms with Gasteiger partial charge < -0.3 is 40.6 Å². The van der Waals surface area contributed by atoms with E-state index < -0.39 is 83.5 Å². The van der Waals surface area contributed by atoms with Gasteiger partial charge in [0.2, 0.25) is 5.95 Å². The Hall–Kier alpha value is -3.44. The number of hydrogen-bond donors (Lipinski definition) is 6. The van der Waals surface area contributed by atoms with Crippen LogP contribution in [0.1, 0.15) is 19.4 Å². The third kappa shape index (κ3) is 5.83. The third-order valence-electron chi connectivity index (χ3n) is 7.65. The highest BCUT2D eigenvalue weighted by Gasteiger charge is 2.54. The van der Waals surface area contributed by atoms with Crippen molar-refractivity contribution < 1.29 is 56.3 Å². The molecule has 4 aromatic rings. The minimum atomic E-state index is -5.06. The number of fused-ring (bicyclic) bond motifs is 5. The van der Waals surface area contributed by atoms with Gasteiger partial charge in [-0.05, 0) is 6.92 Å². The Kier molecular flexibility index (Phi) is 8.14. The number of nitrogens with zero attached hydrogens (tertiary/aromatic N) is 7. The summed E-state index contributed by atoms with van der Waals surface area (Å²) in [5.74, 6) is -0.200. The van der Waals surface area contributed by atoms with E-state index in [-0.39, 0.29) is 40.7 Å². The Morgan fingerprint density at radius 2 is 1.57 bits per heavy atom. The van der Waals surface area contributed by atoms with E-state index in [2.05, 4.69) is 29.9 Å². The average Bonchev–Trinajstić information content (AvgIpc) is 3.76. The molecule has 0 aromatic carbocycles. The molecule has 47 heavy (non-hydrogen) atoms. The van der Waals surface area contributed by atoms with Crippen molar-refractivity contribution in [3.05, 3.63) is 29.3 Å². The van der Waals surface area contributed by atoms with E-state index in [9.17, 15) is 28.8 Å². The minimum Gasteiger partial charge on any atom is -0.386 e. The number of H-pyrrole nitrogens is 1. The lowest BCUT2D eigenvalue weighted by Gasteiger charge is -2.26. The summed E-state index contributed by atoms with van der Waals surface area (Å²) < 4.78 is 68.5. The van der Waals surface area contributed by atoms with Gasteiger partial charge in [0.05, 0.1) is 25.9 Å². The molecule has 4 aromatic heterocycles. The summed E-state index contributed by atoms with van der Waals surface area (Å²) in [6.45, 7) is 0.203. The fourth-order valence-corrected chi connectivity index (χ4v) is 7.57. The molecular weight excluding hydrogens is 674 g/mol. The Balaban J connectivity index is 1.23. The minimum absolute atomic E-state index is 0.0432. The first kappa shape index (κ1) is 32.1. The molecule has 0 aliphatic carbocycles. The van der Waals surface area contributed by atoms with Crippen LogP contribution in [-0.4, -0.2) is 110 Å². The largest absolute Gasteiger partial charge is 0.472 e. The molecule has 8 N–H and O–H groups in total. The summed E-state index contributed by atoms with van der Waals surface area (Å²) in [6, 6.07) is 0. The van der Waals surface area contributed by atoms with Gasteiger partial charge in [-0.25, -0.2) is 29.1 Å². The topological polar surface area (TPSA) is 319 Å². The Morgan fingerprint density at radius 1 is 0.936 bits per heavy atom. The highest BCUT2D eigenvalue weighted by molar-refractivity contribution is 7.47. The molecule has 25 heteroatoms. The second-order valence-electron chi connectivity index (χ2n) is 10.6. The highest BCUT2D eigenvalue weighted by atomic mass is 31.2. The number of aromatic amines is 1. The third-order valence-corrected chi connectivity index (χ3v) is 9.62. The number of rotatable bonds is 4. The smallest absolute Gasteiger partial charge is 0.386 e. The molecule has 10 atom stereocenters. The van der Waals surface area contributed by atoms with E-state index in [0.717, 1.165) is 6.33 Å². The number of phosphoric acid groups is 2. The lowest BCUT2D eigenvalue weighted by molar-refractivity contribution is -0.0677. The predicted molar refractivity (Wildman–Crippen MR) is 153 cm³/mol. The standard InChI is InChI=1S/C22H28N10O13P2/c1-2-39-14-9-4-41-46(35,36)44-13-8(42-20(12(13)33)31-6-27-10-16(23)25-5-26-17(10)31)3-40-47(37,38)45-15(14)21(43-9)32-7-28-11-18(32)29-22(24)30-19(11)34/h5-9,12-15,20-21,33H,2-4H2,1H3,(H,35,36)(H,37,38)(H2,23,25,26)(H3,24,29,30,34)/t8-,9-,12+,13?,14+,15?,20-,21-/m1/s1. The molecule has 254 valence electrons.